The monoisotopic (exact) mass is 380 g/mol. The lowest BCUT2D eigenvalue weighted by Gasteiger charge is -2.31. The number of carbonyl (C=O) groups is 2. The smallest absolute Gasteiger partial charge is 0.243 e. The van der Waals surface area contributed by atoms with Crippen LogP contribution in [0.2, 0.25) is 0 Å². The van der Waals surface area contributed by atoms with Crippen LogP contribution in [0.4, 0.5) is 0 Å². The molecule has 1 saturated heterocycles. The summed E-state index contributed by atoms with van der Waals surface area (Å²) in [5, 5.41) is 3.05. The zero-order chi connectivity index (χ0) is 17.2. The summed E-state index contributed by atoms with van der Waals surface area (Å²) in [5.41, 5.74) is 0.582. The molecule has 0 aliphatic carbocycles. The summed E-state index contributed by atoms with van der Waals surface area (Å²) in [5.74, 6) is -0.0159. The van der Waals surface area contributed by atoms with E-state index in [0.717, 1.165) is 22.9 Å². The van der Waals surface area contributed by atoms with Crippen molar-refractivity contribution in [1.29, 1.82) is 0 Å². The van der Waals surface area contributed by atoms with E-state index in [1.807, 2.05) is 52.0 Å². The molecule has 1 aromatic rings. The molecule has 1 aromatic carbocycles. The molecule has 0 bridgehead atoms. The highest BCUT2D eigenvalue weighted by Gasteiger charge is 2.38. The number of amides is 2. The molecule has 126 valence electrons. The molecule has 2 atom stereocenters. The molecule has 23 heavy (non-hydrogen) atoms. The number of benzene rings is 1. The molecule has 2 amide bonds. The largest absolute Gasteiger partial charge is 0.348 e. The second-order valence-electron chi connectivity index (χ2n) is 7.19. The molecular formula is C18H25BrN2O2. The fourth-order valence-electron chi connectivity index (χ4n) is 2.88. The van der Waals surface area contributed by atoms with E-state index >= 15 is 0 Å². The SMILES string of the molecule is C[C@H](NC(=O)[C@@H]1CCCN1C(=O)C(C)(C)C)c1cccc(Br)c1. The Balaban J connectivity index is 2.06. The van der Waals surface area contributed by atoms with E-state index in [1.165, 1.54) is 0 Å². The highest BCUT2D eigenvalue weighted by atomic mass is 79.9. The fraction of sp³-hybridized carbons (Fsp3) is 0.556. The third kappa shape index (κ3) is 4.34. The summed E-state index contributed by atoms with van der Waals surface area (Å²) in [4.78, 5) is 26.9. The summed E-state index contributed by atoms with van der Waals surface area (Å²) in [7, 11) is 0. The van der Waals surface area contributed by atoms with E-state index in [2.05, 4.69) is 21.2 Å². The Labute approximate surface area is 146 Å². The normalized spacial score (nSPS) is 19.5. The molecule has 2 rings (SSSR count). The van der Waals surface area contributed by atoms with Crippen LogP contribution in [0.3, 0.4) is 0 Å². The van der Waals surface area contributed by atoms with Gasteiger partial charge in [0, 0.05) is 16.4 Å². The first-order chi connectivity index (χ1) is 10.7. The van der Waals surface area contributed by atoms with Gasteiger partial charge in [-0.15, -0.1) is 0 Å². The van der Waals surface area contributed by atoms with Gasteiger partial charge in [0.2, 0.25) is 11.8 Å². The molecule has 1 heterocycles. The molecule has 1 fully saturated rings. The third-order valence-corrected chi connectivity index (χ3v) is 4.66. The van der Waals surface area contributed by atoms with Crippen molar-refractivity contribution in [3.8, 4) is 0 Å². The van der Waals surface area contributed by atoms with Crippen LogP contribution in [0.5, 0.6) is 0 Å². The maximum absolute atomic E-state index is 12.6. The maximum atomic E-state index is 12.6. The molecule has 0 unspecified atom stereocenters. The Morgan fingerprint density at radius 1 is 1.35 bits per heavy atom. The minimum Gasteiger partial charge on any atom is -0.348 e. The van der Waals surface area contributed by atoms with Gasteiger partial charge in [0.1, 0.15) is 6.04 Å². The van der Waals surface area contributed by atoms with E-state index in [1.54, 1.807) is 4.90 Å². The highest BCUT2D eigenvalue weighted by Crippen LogP contribution is 2.26. The van der Waals surface area contributed by atoms with Crippen LogP contribution in [0.25, 0.3) is 0 Å². The lowest BCUT2D eigenvalue weighted by atomic mass is 9.94. The van der Waals surface area contributed by atoms with Crippen LogP contribution in [-0.2, 0) is 9.59 Å². The summed E-state index contributed by atoms with van der Waals surface area (Å²) in [6, 6.07) is 7.45. The lowest BCUT2D eigenvalue weighted by Crippen LogP contribution is -2.49. The first-order valence-electron chi connectivity index (χ1n) is 8.07. The number of halogens is 1. The Morgan fingerprint density at radius 2 is 2.04 bits per heavy atom. The predicted molar refractivity (Wildman–Crippen MR) is 94.9 cm³/mol. The van der Waals surface area contributed by atoms with Crippen molar-refractivity contribution < 1.29 is 9.59 Å². The molecule has 0 radical (unpaired) electrons. The molecule has 0 saturated carbocycles. The van der Waals surface area contributed by atoms with E-state index in [4.69, 9.17) is 0 Å². The molecule has 0 spiro atoms. The number of hydrogen-bond donors (Lipinski definition) is 1. The van der Waals surface area contributed by atoms with Gasteiger partial charge in [-0.25, -0.2) is 0 Å². The summed E-state index contributed by atoms with van der Waals surface area (Å²) in [6.45, 7) is 8.32. The lowest BCUT2D eigenvalue weighted by molar-refractivity contribution is -0.144. The predicted octanol–water partition coefficient (Wildman–Crippen LogP) is 3.66. The first kappa shape index (κ1) is 18.0. The van der Waals surface area contributed by atoms with Crippen molar-refractivity contribution in [3.05, 3.63) is 34.3 Å². The maximum Gasteiger partial charge on any atom is 0.243 e. The van der Waals surface area contributed by atoms with Gasteiger partial charge >= 0.3 is 0 Å². The molecule has 1 aliphatic heterocycles. The average molecular weight is 381 g/mol. The van der Waals surface area contributed by atoms with Crippen molar-refractivity contribution in [2.45, 2.75) is 52.6 Å². The number of hydrogen-bond acceptors (Lipinski definition) is 2. The van der Waals surface area contributed by atoms with Gasteiger partial charge in [0.15, 0.2) is 0 Å². The minimum atomic E-state index is -0.460. The zero-order valence-corrected chi connectivity index (χ0v) is 15.8. The van der Waals surface area contributed by atoms with Gasteiger partial charge in [-0.1, -0.05) is 48.8 Å². The molecular weight excluding hydrogens is 356 g/mol. The van der Waals surface area contributed by atoms with Crippen molar-refractivity contribution in [2.24, 2.45) is 5.41 Å². The Morgan fingerprint density at radius 3 is 2.65 bits per heavy atom. The van der Waals surface area contributed by atoms with Crippen molar-refractivity contribution in [2.75, 3.05) is 6.54 Å². The van der Waals surface area contributed by atoms with Crippen molar-refractivity contribution in [3.63, 3.8) is 0 Å². The number of nitrogens with one attached hydrogen (secondary N) is 1. The average Bonchev–Trinajstić information content (AvgIpc) is 2.94. The van der Waals surface area contributed by atoms with E-state index < -0.39 is 5.41 Å². The molecule has 1 aliphatic rings. The van der Waals surface area contributed by atoms with Gasteiger partial charge in [-0.2, -0.15) is 0 Å². The van der Waals surface area contributed by atoms with Crippen LogP contribution in [0, 0.1) is 5.41 Å². The molecule has 0 aromatic heterocycles. The molecule has 4 nitrogen and oxygen atoms in total. The molecule has 5 heteroatoms. The Hall–Kier alpha value is -1.36. The number of rotatable bonds is 3. The highest BCUT2D eigenvalue weighted by molar-refractivity contribution is 9.10. The molecule has 1 N–H and O–H groups in total. The van der Waals surface area contributed by atoms with Crippen LogP contribution in [0.1, 0.15) is 52.1 Å². The van der Waals surface area contributed by atoms with Gasteiger partial charge < -0.3 is 10.2 Å². The van der Waals surface area contributed by atoms with Gasteiger partial charge in [0.05, 0.1) is 6.04 Å². The van der Waals surface area contributed by atoms with Crippen molar-refractivity contribution in [1.82, 2.24) is 10.2 Å². The quantitative estimate of drug-likeness (QED) is 0.869. The summed E-state index contributed by atoms with van der Waals surface area (Å²) < 4.78 is 0.988. The van der Waals surface area contributed by atoms with Gasteiger partial charge in [-0.3, -0.25) is 9.59 Å². The number of carbonyl (C=O) groups excluding carboxylic acids is 2. The minimum absolute atomic E-state index is 0.0465. The zero-order valence-electron chi connectivity index (χ0n) is 14.2. The second-order valence-corrected chi connectivity index (χ2v) is 8.11. The van der Waals surface area contributed by atoms with E-state index in [-0.39, 0.29) is 23.9 Å². The fourth-order valence-corrected chi connectivity index (χ4v) is 3.30. The van der Waals surface area contributed by atoms with Gasteiger partial charge in [-0.05, 0) is 37.5 Å². The van der Waals surface area contributed by atoms with E-state index in [0.29, 0.717) is 6.54 Å². The van der Waals surface area contributed by atoms with Crippen LogP contribution in [0.15, 0.2) is 28.7 Å². The Bertz CT molecular complexity index is 595. The summed E-state index contributed by atoms with van der Waals surface area (Å²) in [6.07, 6.45) is 1.62. The van der Waals surface area contributed by atoms with E-state index in [9.17, 15) is 9.59 Å². The standard InChI is InChI=1S/C18H25BrN2O2/c1-12(13-7-5-8-14(19)11-13)20-16(22)15-9-6-10-21(15)17(23)18(2,3)4/h5,7-8,11-12,15H,6,9-10H2,1-4H3,(H,20,22)/t12-,15-/m0/s1. The van der Waals surface area contributed by atoms with Crippen LogP contribution < -0.4 is 5.32 Å². The topological polar surface area (TPSA) is 49.4 Å². The summed E-state index contributed by atoms with van der Waals surface area (Å²) >= 11 is 3.45. The number of nitrogens with zero attached hydrogens (tertiary/aromatic N) is 1. The first-order valence-corrected chi connectivity index (χ1v) is 8.86. The Kier molecular flexibility index (Phi) is 5.50. The van der Waals surface area contributed by atoms with Gasteiger partial charge in [0.25, 0.3) is 0 Å². The van der Waals surface area contributed by atoms with Crippen LogP contribution in [-0.4, -0.2) is 29.3 Å². The third-order valence-electron chi connectivity index (χ3n) is 4.17. The number of likely N-dealkylation sites (tertiary alicyclic amines) is 1. The van der Waals surface area contributed by atoms with Crippen molar-refractivity contribution >= 4 is 27.7 Å². The second kappa shape index (κ2) is 7.04. The van der Waals surface area contributed by atoms with Crippen LogP contribution >= 0.6 is 15.9 Å².